The molecule has 13 heteroatoms. The van der Waals surface area contributed by atoms with E-state index in [-0.39, 0.29) is 35.4 Å². The van der Waals surface area contributed by atoms with Crippen molar-refractivity contribution in [2.75, 3.05) is 10.8 Å². The van der Waals surface area contributed by atoms with E-state index >= 15 is 0 Å². The number of carbonyl (C=O) groups is 1. The number of anilines is 1. The molecule has 0 unspecified atom stereocenters. The van der Waals surface area contributed by atoms with Crippen molar-refractivity contribution >= 4 is 21.7 Å². The Hall–Kier alpha value is -3.74. The Morgan fingerprint density at radius 1 is 0.947 bits per heavy atom. The Morgan fingerprint density at radius 2 is 1.66 bits per heavy atom. The highest BCUT2D eigenvalue weighted by Crippen LogP contribution is 2.43. The van der Waals surface area contributed by atoms with E-state index in [1.807, 2.05) is 0 Å². The zero-order valence-corrected chi connectivity index (χ0v) is 20.1. The molecule has 0 aromatic heterocycles. The number of hydrogen-bond donors (Lipinski definition) is 1. The number of halogens is 6. The number of carboxylic acids is 1. The number of aliphatic carboxylic acids is 1. The minimum Gasteiger partial charge on any atom is -0.486 e. The SMILES string of the molecule is O=C(O)CC[C@H]1CN(S(=O)(=O)c2cccc(C(F)(F)F)c2)c2cc(-c3ccccc3C(F)(F)F)ccc2O1. The molecule has 1 atom stereocenters. The Balaban J connectivity index is 1.85. The second-order valence-electron chi connectivity index (χ2n) is 8.46. The van der Waals surface area contributed by atoms with Gasteiger partial charge < -0.3 is 9.84 Å². The van der Waals surface area contributed by atoms with Crippen LogP contribution >= 0.6 is 0 Å². The Morgan fingerprint density at radius 3 is 2.32 bits per heavy atom. The molecule has 0 fully saturated rings. The van der Waals surface area contributed by atoms with Crippen molar-refractivity contribution < 1.29 is 49.4 Å². The zero-order valence-electron chi connectivity index (χ0n) is 19.3. The zero-order chi connectivity index (χ0) is 27.9. The number of benzene rings is 3. The lowest BCUT2D eigenvalue weighted by atomic mass is 9.98. The van der Waals surface area contributed by atoms with Gasteiger partial charge >= 0.3 is 18.3 Å². The first kappa shape index (κ1) is 27.3. The molecule has 3 aromatic rings. The highest BCUT2D eigenvalue weighted by Gasteiger charge is 2.38. The standard InChI is InChI=1S/C25H19F6NO5S/c26-24(27,28)16-4-3-5-18(13-16)38(35,36)32-14-17(9-11-23(33)34)37-22-10-8-15(12-21(22)32)19-6-1-2-7-20(19)25(29,30)31/h1-8,10,12-13,17H,9,11,14H2,(H,33,34)/t17-/m0/s1. The highest BCUT2D eigenvalue weighted by atomic mass is 32.2. The second kappa shape index (κ2) is 9.86. The molecule has 0 bridgehead atoms. The van der Waals surface area contributed by atoms with Crippen LogP contribution in [0.15, 0.2) is 71.6 Å². The molecule has 1 aliphatic rings. The van der Waals surface area contributed by atoms with E-state index in [1.165, 1.54) is 30.3 Å². The normalized spacial score (nSPS) is 16.1. The van der Waals surface area contributed by atoms with Crippen LogP contribution in [-0.4, -0.2) is 32.1 Å². The molecule has 1 heterocycles. The number of hydrogen-bond acceptors (Lipinski definition) is 4. The maximum atomic E-state index is 13.6. The first-order valence-electron chi connectivity index (χ1n) is 11.1. The predicted molar refractivity (Wildman–Crippen MR) is 124 cm³/mol. The summed E-state index contributed by atoms with van der Waals surface area (Å²) in [4.78, 5) is 10.4. The summed E-state index contributed by atoms with van der Waals surface area (Å²) in [7, 11) is -4.68. The lowest BCUT2D eigenvalue weighted by molar-refractivity contribution is -0.138. The third-order valence-corrected chi connectivity index (χ3v) is 7.64. The van der Waals surface area contributed by atoms with Crippen molar-refractivity contribution in [3.05, 3.63) is 77.9 Å². The molecule has 1 aliphatic heterocycles. The van der Waals surface area contributed by atoms with Crippen LogP contribution < -0.4 is 9.04 Å². The van der Waals surface area contributed by atoms with E-state index in [0.717, 1.165) is 28.6 Å². The van der Waals surface area contributed by atoms with Gasteiger partial charge in [-0.25, -0.2) is 8.42 Å². The average molecular weight is 559 g/mol. The van der Waals surface area contributed by atoms with Crippen LogP contribution in [0.4, 0.5) is 32.0 Å². The van der Waals surface area contributed by atoms with E-state index < -0.39 is 57.0 Å². The van der Waals surface area contributed by atoms with Crippen molar-refractivity contribution in [3.8, 4) is 16.9 Å². The van der Waals surface area contributed by atoms with E-state index in [9.17, 15) is 39.6 Å². The van der Waals surface area contributed by atoms with Crippen LogP contribution in [0.25, 0.3) is 11.1 Å². The molecule has 1 N–H and O–H groups in total. The average Bonchev–Trinajstić information content (AvgIpc) is 2.85. The van der Waals surface area contributed by atoms with E-state index in [2.05, 4.69) is 0 Å². The summed E-state index contributed by atoms with van der Waals surface area (Å²) >= 11 is 0. The van der Waals surface area contributed by atoms with Crippen molar-refractivity contribution in [2.24, 2.45) is 0 Å². The number of rotatable bonds is 6. The van der Waals surface area contributed by atoms with Gasteiger partial charge in [0.05, 0.1) is 28.3 Å². The van der Waals surface area contributed by atoms with Crippen LogP contribution in [-0.2, 0) is 27.2 Å². The van der Waals surface area contributed by atoms with Crippen molar-refractivity contribution in [1.29, 1.82) is 0 Å². The van der Waals surface area contributed by atoms with Crippen LogP contribution in [0.2, 0.25) is 0 Å². The van der Waals surface area contributed by atoms with E-state index in [0.29, 0.717) is 12.1 Å². The Kier molecular flexibility index (Phi) is 7.08. The summed E-state index contributed by atoms with van der Waals surface area (Å²) in [6.45, 7) is -0.469. The molecule has 38 heavy (non-hydrogen) atoms. The van der Waals surface area contributed by atoms with Crippen LogP contribution in [0.1, 0.15) is 24.0 Å². The number of alkyl halides is 6. The molecule has 3 aromatic carbocycles. The van der Waals surface area contributed by atoms with Gasteiger partial charge in [0.1, 0.15) is 11.9 Å². The fourth-order valence-electron chi connectivity index (χ4n) is 4.08. The summed E-state index contributed by atoms with van der Waals surface area (Å²) in [5, 5.41) is 9.02. The van der Waals surface area contributed by atoms with Crippen LogP contribution in [0.5, 0.6) is 5.75 Å². The molecule has 0 radical (unpaired) electrons. The smallest absolute Gasteiger partial charge is 0.417 e. The highest BCUT2D eigenvalue weighted by molar-refractivity contribution is 7.92. The number of sulfonamides is 1. The Labute approximate surface area is 213 Å². The molecule has 0 spiro atoms. The fraction of sp³-hybridized carbons (Fsp3) is 0.240. The minimum atomic E-state index is -4.83. The third-order valence-electron chi connectivity index (χ3n) is 5.86. The largest absolute Gasteiger partial charge is 0.486 e. The van der Waals surface area contributed by atoms with Gasteiger partial charge in [0, 0.05) is 6.42 Å². The molecular weight excluding hydrogens is 540 g/mol. The van der Waals surface area contributed by atoms with Crippen LogP contribution in [0, 0.1) is 0 Å². The van der Waals surface area contributed by atoms with Gasteiger partial charge in [0.15, 0.2) is 0 Å². The second-order valence-corrected chi connectivity index (χ2v) is 10.3. The summed E-state index contributed by atoms with van der Waals surface area (Å²) < 4.78 is 114. The van der Waals surface area contributed by atoms with E-state index in [4.69, 9.17) is 9.84 Å². The summed E-state index contributed by atoms with van der Waals surface area (Å²) in [5.41, 5.74) is -2.62. The fourth-order valence-corrected chi connectivity index (χ4v) is 5.63. The summed E-state index contributed by atoms with van der Waals surface area (Å²) in [5.74, 6) is -1.25. The quantitative estimate of drug-likeness (QED) is 0.363. The maximum absolute atomic E-state index is 13.6. The topological polar surface area (TPSA) is 83.9 Å². The van der Waals surface area contributed by atoms with Crippen molar-refractivity contribution in [2.45, 2.75) is 36.2 Å². The van der Waals surface area contributed by atoms with Gasteiger partial charge in [0.25, 0.3) is 10.0 Å². The van der Waals surface area contributed by atoms with Gasteiger partial charge in [-0.2, -0.15) is 26.3 Å². The maximum Gasteiger partial charge on any atom is 0.417 e. The molecule has 202 valence electrons. The lowest BCUT2D eigenvalue weighted by Crippen LogP contribution is -2.43. The molecule has 0 saturated carbocycles. The number of nitrogens with zero attached hydrogens (tertiary/aromatic N) is 1. The first-order chi connectivity index (χ1) is 17.7. The molecule has 6 nitrogen and oxygen atoms in total. The molecule has 0 saturated heterocycles. The number of carboxylic acid groups (broad SMARTS) is 1. The third kappa shape index (κ3) is 5.57. The summed E-state index contributed by atoms with van der Waals surface area (Å²) in [6, 6.07) is 11.4. The molecule has 4 rings (SSSR count). The monoisotopic (exact) mass is 559 g/mol. The lowest BCUT2D eigenvalue weighted by Gasteiger charge is -2.36. The van der Waals surface area contributed by atoms with Crippen molar-refractivity contribution in [3.63, 3.8) is 0 Å². The van der Waals surface area contributed by atoms with E-state index in [1.54, 1.807) is 0 Å². The predicted octanol–water partition coefficient (Wildman–Crippen LogP) is 6.21. The van der Waals surface area contributed by atoms with Gasteiger partial charge in [-0.3, -0.25) is 9.10 Å². The molecule has 0 aliphatic carbocycles. The van der Waals surface area contributed by atoms with Crippen LogP contribution in [0.3, 0.4) is 0 Å². The first-order valence-corrected chi connectivity index (χ1v) is 12.5. The number of fused-ring (bicyclic) bond motifs is 1. The van der Waals surface area contributed by atoms with Gasteiger partial charge in [0.2, 0.25) is 0 Å². The van der Waals surface area contributed by atoms with Crippen molar-refractivity contribution in [1.82, 2.24) is 0 Å². The number of ether oxygens (including phenoxy) is 1. The minimum absolute atomic E-state index is 0.00602. The van der Waals surface area contributed by atoms with Gasteiger partial charge in [-0.05, 0) is 53.9 Å². The summed E-state index contributed by atoms with van der Waals surface area (Å²) in [6.07, 6.45) is -11.0. The van der Waals surface area contributed by atoms with Gasteiger partial charge in [-0.15, -0.1) is 0 Å². The molecular formula is C25H19F6NO5S. The Bertz CT molecular complexity index is 1470. The van der Waals surface area contributed by atoms with Gasteiger partial charge in [-0.1, -0.05) is 30.3 Å². The molecule has 0 amide bonds.